The van der Waals surface area contributed by atoms with Crippen molar-refractivity contribution in [3.05, 3.63) is 34.3 Å². The van der Waals surface area contributed by atoms with E-state index in [1.165, 1.54) is 0 Å². The Bertz CT molecular complexity index is 394. The molecule has 0 aliphatic heterocycles. The van der Waals surface area contributed by atoms with Gasteiger partial charge in [-0.05, 0) is 36.6 Å². The second-order valence-electron chi connectivity index (χ2n) is 5.67. The average molecular weight is 258 g/mol. The molecule has 1 nitrogen and oxygen atoms in total. The molecule has 0 aromatic heterocycles. The van der Waals surface area contributed by atoms with Crippen LogP contribution in [-0.2, 0) is 11.1 Å². The zero-order valence-corrected chi connectivity index (χ0v) is 12.0. The van der Waals surface area contributed by atoms with Crippen molar-refractivity contribution in [2.45, 2.75) is 38.8 Å². The van der Waals surface area contributed by atoms with E-state index < -0.39 is 5.67 Å². The van der Waals surface area contributed by atoms with E-state index in [9.17, 15) is 4.39 Å². The van der Waals surface area contributed by atoms with Crippen LogP contribution in [0.25, 0.3) is 0 Å². The quantitative estimate of drug-likeness (QED) is 0.862. The van der Waals surface area contributed by atoms with Gasteiger partial charge in [0.1, 0.15) is 5.67 Å². The number of rotatable bonds is 3. The van der Waals surface area contributed by atoms with Crippen LogP contribution in [0.5, 0.6) is 0 Å². The molecular formula is C14H21ClFN. The first-order valence-corrected chi connectivity index (χ1v) is 6.20. The first-order valence-electron chi connectivity index (χ1n) is 5.82. The van der Waals surface area contributed by atoms with Crippen molar-refractivity contribution >= 4 is 11.6 Å². The third kappa shape index (κ3) is 3.43. The van der Waals surface area contributed by atoms with E-state index in [0.29, 0.717) is 10.6 Å². The molecule has 1 aromatic carbocycles. The van der Waals surface area contributed by atoms with Crippen LogP contribution < -0.4 is 5.32 Å². The van der Waals surface area contributed by atoms with Gasteiger partial charge in [0.25, 0.3) is 0 Å². The number of benzene rings is 1. The smallest absolute Gasteiger partial charge is 0.145 e. The summed E-state index contributed by atoms with van der Waals surface area (Å²) >= 11 is 6.23. The summed E-state index contributed by atoms with van der Waals surface area (Å²) in [6, 6.07) is 5.48. The number of halogens is 2. The topological polar surface area (TPSA) is 12.0 Å². The van der Waals surface area contributed by atoms with Crippen LogP contribution in [0.15, 0.2) is 18.2 Å². The maximum atomic E-state index is 14.3. The summed E-state index contributed by atoms with van der Waals surface area (Å²) in [7, 11) is 1.74. The van der Waals surface area contributed by atoms with Crippen molar-refractivity contribution in [1.82, 2.24) is 5.32 Å². The molecule has 0 aliphatic carbocycles. The molecular weight excluding hydrogens is 237 g/mol. The van der Waals surface area contributed by atoms with Crippen molar-refractivity contribution in [3.8, 4) is 0 Å². The van der Waals surface area contributed by atoms with E-state index >= 15 is 0 Å². The van der Waals surface area contributed by atoms with E-state index in [4.69, 9.17) is 11.6 Å². The zero-order chi connectivity index (χ0) is 13.3. The minimum Gasteiger partial charge on any atom is -0.316 e. The monoisotopic (exact) mass is 257 g/mol. The SMILES string of the molecule is CNCC(C)(F)c1ccc(C(C)(C)C)c(Cl)c1. The van der Waals surface area contributed by atoms with Crippen LogP contribution in [0.1, 0.15) is 38.8 Å². The molecule has 1 rings (SSSR count). The Kier molecular flexibility index (Phi) is 4.21. The van der Waals surface area contributed by atoms with E-state index in [0.717, 1.165) is 5.56 Å². The minimum atomic E-state index is -1.39. The van der Waals surface area contributed by atoms with Gasteiger partial charge in [-0.2, -0.15) is 0 Å². The first-order chi connectivity index (χ1) is 7.68. The molecule has 17 heavy (non-hydrogen) atoms. The van der Waals surface area contributed by atoms with Gasteiger partial charge in [-0.1, -0.05) is 44.5 Å². The van der Waals surface area contributed by atoms with E-state index in [1.807, 2.05) is 12.1 Å². The standard InChI is InChI=1S/C14H21ClFN/c1-13(2,3)11-7-6-10(8-12(11)15)14(4,16)9-17-5/h6-8,17H,9H2,1-5H3. The summed E-state index contributed by atoms with van der Waals surface area (Å²) in [6.07, 6.45) is 0. The Balaban J connectivity index is 3.13. The number of hydrogen-bond acceptors (Lipinski definition) is 1. The maximum Gasteiger partial charge on any atom is 0.145 e. The highest BCUT2D eigenvalue weighted by Crippen LogP contribution is 2.34. The van der Waals surface area contributed by atoms with Gasteiger partial charge < -0.3 is 5.32 Å². The molecule has 0 fully saturated rings. The van der Waals surface area contributed by atoms with E-state index in [2.05, 4.69) is 26.1 Å². The van der Waals surface area contributed by atoms with E-state index in [-0.39, 0.29) is 12.0 Å². The number of nitrogens with one attached hydrogen (secondary N) is 1. The van der Waals surface area contributed by atoms with Crippen LogP contribution in [-0.4, -0.2) is 13.6 Å². The lowest BCUT2D eigenvalue weighted by Gasteiger charge is -2.25. The zero-order valence-electron chi connectivity index (χ0n) is 11.2. The van der Waals surface area contributed by atoms with Crippen LogP contribution in [0, 0.1) is 0 Å². The summed E-state index contributed by atoms with van der Waals surface area (Å²) in [5.41, 5.74) is 0.244. The van der Waals surface area contributed by atoms with Crippen molar-refractivity contribution < 1.29 is 4.39 Å². The third-order valence-corrected chi connectivity index (χ3v) is 3.20. The summed E-state index contributed by atoms with van der Waals surface area (Å²) in [6.45, 7) is 8.12. The normalized spacial score (nSPS) is 15.7. The van der Waals surface area contributed by atoms with Gasteiger partial charge in [-0.3, -0.25) is 0 Å². The highest BCUT2D eigenvalue weighted by atomic mass is 35.5. The molecule has 1 unspecified atom stereocenters. The van der Waals surface area contributed by atoms with Gasteiger partial charge in [0.05, 0.1) is 0 Å². The molecule has 1 atom stereocenters. The lowest BCUT2D eigenvalue weighted by atomic mass is 9.85. The van der Waals surface area contributed by atoms with Gasteiger partial charge in [-0.25, -0.2) is 4.39 Å². The first kappa shape index (κ1) is 14.5. The molecule has 0 saturated heterocycles. The molecule has 0 amide bonds. The van der Waals surface area contributed by atoms with Crippen molar-refractivity contribution in [1.29, 1.82) is 0 Å². The molecule has 1 N–H and O–H groups in total. The van der Waals surface area contributed by atoms with Crippen molar-refractivity contribution in [2.24, 2.45) is 0 Å². The van der Waals surface area contributed by atoms with Gasteiger partial charge in [0.2, 0.25) is 0 Å². The Morgan fingerprint density at radius 2 is 1.82 bits per heavy atom. The van der Waals surface area contributed by atoms with Gasteiger partial charge >= 0.3 is 0 Å². The molecule has 0 aliphatic rings. The highest BCUT2D eigenvalue weighted by molar-refractivity contribution is 6.31. The van der Waals surface area contributed by atoms with Crippen molar-refractivity contribution in [2.75, 3.05) is 13.6 Å². The molecule has 3 heteroatoms. The maximum absolute atomic E-state index is 14.3. The molecule has 0 spiro atoms. The third-order valence-electron chi connectivity index (χ3n) is 2.89. The van der Waals surface area contributed by atoms with Gasteiger partial charge in [0.15, 0.2) is 0 Å². The van der Waals surface area contributed by atoms with E-state index in [1.54, 1.807) is 20.0 Å². The second kappa shape index (κ2) is 4.95. The van der Waals surface area contributed by atoms with Crippen molar-refractivity contribution in [3.63, 3.8) is 0 Å². The van der Waals surface area contributed by atoms with Crippen LogP contribution in [0.2, 0.25) is 5.02 Å². The van der Waals surface area contributed by atoms with Crippen LogP contribution in [0.4, 0.5) is 4.39 Å². The second-order valence-corrected chi connectivity index (χ2v) is 6.08. The van der Waals surface area contributed by atoms with Crippen LogP contribution >= 0.6 is 11.6 Å². The fraction of sp³-hybridized carbons (Fsp3) is 0.571. The predicted octanol–water partition coefficient (Wildman–Crippen LogP) is 4.04. The molecule has 1 aromatic rings. The lowest BCUT2D eigenvalue weighted by Crippen LogP contribution is -2.29. The Hall–Kier alpha value is -0.600. The Labute approximate surface area is 108 Å². The summed E-state index contributed by atoms with van der Waals surface area (Å²) in [5.74, 6) is 0. The van der Waals surface area contributed by atoms with Crippen LogP contribution in [0.3, 0.4) is 0 Å². The summed E-state index contributed by atoms with van der Waals surface area (Å²) in [5, 5.41) is 3.49. The minimum absolute atomic E-state index is 0.0225. The Morgan fingerprint density at radius 3 is 2.24 bits per heavy atom. The molecule has 0 saturated carbocycles. The summed E-state index contributed by atoms with van der Waals surface area (Å²) in [4.78, 5) is 0. The molecule has 0 heterocycles. The fourth-order valence-electron chi connectivity index (χ4n) is 1.88. The number of likely N-dealkylation sites (N-methyl/N-ethyl adjacent to an activating group) is 1. The summed E-state index contributed by atoms with van der Waals surface area (Å²) < 4.78 is 14.3. The lowest BCUT2D eigenvalue weighted by molar-refractivity contribution is 0.190. The average Bonchev–Trinajstić information content (AvgIpc) is 2.15. The highest BCUT2D eigenvalue weighted by Gasteiger charge is 2.27. The predicted molar refractivity (Wildman–Crippen MR) is 72.5 cm³/mol. The molecule has 0 bridgehead atoms. The molecule has 96 valence electrons. The molecule has 0 radical (unpaired) electrons. The fourth-order valence-corrected chi connectivity index (χ4v) is 2.35. The number of alkyl halides is 1. The van der Waals surface area contributed by atoms with Gasteiger partial charge in [0, 0.05) is 11.6 Å². The largest absolute Gasteiger partial charge is 0.316 e. The Morgan fingerprint density at radius 1 is 1.24 bits per heavy atom. The number of hydrogen-bond donors (Lipinski definition) is 1. The van der Waals surface area contributed by atoms with Gasteiger partial charge in [-0.15, -0.1) is 0 Å².